The molecule has 0 unspecified atom stereocenters. The van der Waals surface area contributed by atoms with Crippen molar-refractivity contribution in [2.45, 2.75) is 0 Å². The SMILES string of the molecule is O=[N+]([O-])c1cccc2ccc(N/N=C\c3ccccc3O)nc12. The number of hydrogen-bond acceptors (Lipinski definition) is 6. The van der Waals surface area contributed by atoms with Crippen molar-refractivity contribution < 1.29 is 10.0 Å². The van der Waals surface area contributed by atoms with E-state index in [2.05, 4.69) is 15.5 Å². The van der Waals surface area contributed by atoms with Crippen LogP contribution in [0.1, 0.15) is 5.56 Å². The second-order valence-electron chi connectivity index (χ2n) is 4.73. The van der Waals surface area contributed by atoms with Crippen LogP contribution in [0.2, 0.25) is 0 Å². The third-order valence-electron chi connectivity index (χ3n) is 3.22. The fraction of sp³-hybridized carbons (Fsp3) is 0. The molecule has 2 N–H and O–H groups in total. The van der Waals surface area contributed by atoms with E-state index >= 15 is 0 Å². The molecule has 23 heavy (non-hydrogen) atoms. The number of pyridine rings is 1. The Bertz CT molecular complexity index is 909. The molecule has 0 amide bonds. The summed E-state index contributed by atoms with van der Waals surface area (Å²) in [4.78, 5) is 14.8. The average Bonchev–Trinajstić information content (AvgIpc) is 2.56. The lowest BCUT2D eigenvalue weighted by molar-refractivity contribution is -0.383. The third kappa shape index (κ3) is 3.08. The van der Waals surface area contributed by atoms with Gasteiger partial charge in [0.1, 0.15) is 11.6 Å². The zero-order valence-corrected chi connectivity index (χ0v) is 11.9. The summed E-state index contributed by atoms with van der Waals surface area (Å²) in [6.45, 7) is 0. The molecule has 0 aliphatic rings. The molecule has 0 aliphatic heterocycles. The quantitative estimate of drug-likeness (QED) is 0.437. The second-order valence-corrected chi connectivity index (χ2v) is 4.73. The Morgan fingerprint density at radius 3 is 2.74 bits per heavy atom. The second kappa shape index (κ2) is 6.10. The Labute approximate surface area is 131 Å². The molecule has 1 heterocycles. The molecule has 2 aromatic carbocycles. The molecule has 0 atom stereocenters. The van der Waals surface area contributed by atoms with Gasteiger partial charge >= 0.3 is 0 Å². The average molecular weight is 308 g/mol. The highest BCUT2D eigenvalue weighted by atomic mass is 16.6. The molecule has 0 saturated heterocycles. The highest BCUT2D eigenvalue weighted by Crippen LogP contribution is 2.24. The molecule has 114 valence electrons. The molecule has 0 aliphatic carbocycles. The Morgan fingerprint density at radius 1 is 1.13 bits per heavy atom. The van der Waals surface area contributed by atoms with E-state index in [9.17, 15) is 15.2 Å². The summed E-state index contributed by atoms with van der Waals surface area (Å²) in [6, 6.07) is 14.9. The molecule has 0 saturated carbocycles. The van der Waals surface area contributed by atoms with Crippen LogP contribution in [0.4, 0.5) is 11.5 Å². The highest BCUT2D eigenvalue weighted by molar-refractivity contribution is 5.88. The Hall–Kier alpha value is -3.48. The van der Waals surface area contributed by atoms with Crippen molar-refractivity contribution in [3.63, 3.8) is 0 Å². The van der Waals surface area contributed by atoms with Gasteiger partial charge in [0.2, 0.25) is 0 Å². The predicted octanol–water partition coefficient (Wildman–Crippen LogP) is 3.29. The molecule has 7 heteroatoms. The van der Waals surface area contributed by atoms with Crippen LogP contribution in [0.3, 0.4) is 0 Å². The van der Waals surface area contributed by atoms with Gasteiger partial charge in [-0.15, -0.1) is 0 Å². The standard InChI is InChI=1S/C16H12N4O3/c21-14-7-2-1-4-12(14)10-17-19-15-9-8-11-5-3-6-13(20(22)23)16(11)18-15/h1-10,21H,(H,18,19)/b17-10-. The maximum absolute atomic E-state index is 11.1. The summed E-state index contributed by atoms with van der Waals surface area (Å²) in [5.74, 6) is 0.485. The number of nitro groups is 1. The number of aromatic nitrogens is 1. The number of benzene rings is 2. The summed E-state index contributed by atoms with van der Waals surface area (Å²) in [5.41, 5.74) is 3.48. The number of phenols is 1. The number of nitrogens with zero attached hydrogens (tertiary/aromatic N) is 3. The minimum absolute atomic E-state index is 0.0594. The van der Waals surface area contributed by atoms with E-state index in [0.29, 0.717) is 22.3 Å². The first kappa shape index (κ1) is 14.5. The Morgan fingerprint density at radius 2 is 1.96 bits per heavy atom. The van der Waals surface area contributed by atoms with Gasteiger partial charge in [-0.25, -0.2) is 4.98 Å². The van der Waals surface area contributed by atoms with E-state index in [1.807, 2.05) is 0 Å². The molecular weight excluding hydrogens is 296 g/mol. The molecule has 0 fully saturated rings. The summed E-state index contributed by atoms with van der Waals surface area (Å²) in [7, 11) is 0. The number of nitrogens with one attached hydrogen (secondary N) is 1. The number of phenolic OH excluding ortho intramolecular Hbond substituents is 1. The number of hydrazone groups is 1. The van der Waals surface area contributed by atoms with Gasteiger partial charge in [-0.1, -0.05) is 24.3 Å². The summed E-state index contributed by atoms with van der Waals surface area (Å²) in [5, 5.41) is 25.3. The van der Waals surface area contributed by atoms with Crippen molar-refractivity contribution in [1.82, 2.24) is 4.98 Å². The maximum Gasteiger partial charge on any atom is 0.295 e. The number of non-ortho nitro benzene ring substituents is 1. The number of fused-ring (bicyclic) bond motifs is 1. The number of hydrogen-bond donors (Lipinski definition) is 2. The minimum Gasteiger partial charge on any atom is -0.507 e. The Kier molecular flexibility index (Phi) is 3.84. The van der Waals surface area contributed by atoms with Crippen LogP contribution in [0.15, 0.2) is 59.7 Å². The monoisotopic (exact) mass is 308 g/mol. The Balaban J connectivity index is 1.88. The van der Waals surface area contributed by atoms with Crippen molar-refractivity contribution in [3.8, 4) is 5.75 Å². The molecular formula is C16H12N4O3. The summed E-state index contributed by atoms with van der Waals surface area (Å²) >= 11 is 0. The molecule has 1 aromatic heterocycles. The van der Waals surface area contributed by atoms with E-state index in [-0.39, 0.29) is 11.4 Å². The number of aromatic hydroxyl groups is 1. The largest absolute Gasteiger partial charge is 0.507 e. The predicted molar refractivity (Wildman–Crippen MR) is 87.7 cm³/mol. The van der Waals surface area contributed by atoms with Gasteiger partial charge in [-0.3, -0.25) is 15.5 Å². The van der Waals surface area contributed by atoms with E-state index in [1.54, 1.807) is 48.5 Å². The van der Waals surface area contributed by atoms with E-state index in [0.717, 1.165) is 0 Å². The first-order valence-electron chi connectivity index (χ1n) is 6.76. The third-order valence-corrected chi connectivity index (χ3v) is 3.22. The van der Waals surface area contributed by atoms with Crippen LogP contribution in [0.5, 0.6) is 5.75 Å². The molecule has 0 bridgehead atoms. The maximum atomic E-state index is 11.1. The van der Waals surface area contributed by atoms with Crippen LogP contribution < -0.4 is 5.43 Å². The van der Waals surface area contributed by atoms with E-state index < -0.39 is 4.92 Å². The van der Waals surface area contributed by atoms with Crippen LogP contribution in [-0.4, -0.2) is 21.2 Å². The molecule has 3 aromatic rings. The number of anilines is 1. The smallest absolute Gasteiger partial charge is 0.295 e. The zero-order valence-electron chi connectivity index (χ0n) is 11.9. The van der Waals surface area contributed by atoms with Crippen LogP contribution >= 0.6 is 0 Å². The normalized spacial score (nSPS) is 11.0. The van der Waals surface area contributed by atoms with Crippen LogP contribution in [0.25, 0.3) is 10.9 Å². The fourth-order valence-electron chi connectivity index (χ4n) is 2.11. The highest BCUT2D eigenvalue weighted by Gasteiger charge is 2.12. The molecule has 3 rings (SSSR count). The lowest BCUT2D eigenvalue weighted by Gasteiger charge is -2.03. The van der Waals surface area contributed by atoms with E-state index in [4.69, 9.17) is 0 Å². The lowest BCUT2D eigenvalue weighted by atomic mass is 10.2. The molecule has 0 radical (unpaired) electrons. The van der Waals surface area contributed by atoms with Crippen LogP contribution in [-0.2, 0) is 0 Å². The van der Waals surface area contributed by atoms with Gasteiger partial charge < -0.3 is 5.11 Å². The van der Waals surface area contributed by atoms with Crippen molar-refractivity contribution in [2.75, 3.05) is 5.43 Å². The number of nitro benzene ring substituents is 1. The lowest BCUT2D eigenvalue weighted by Crippen LogP contribution is -1.96. The van der Waals surface area contributed by atoms with Gasteiger partial charge in [-0.2, -0.15) is 5.10 Å². The molecule has 7 nitrogen and oxygen atoms in total. The van der Waals surface area contributed by atoms with Gasteiger partial charge in [0.25, 0.3) is 5.69 Å². The first-order valence-corrected chi connectivity index (χ1v) is 6.76. The van der Waals surface area contributed by atoms with Crippen molar-refractivity contribution in [2.24, 2.45) is 5.10 Å². The zero-order chi connectivity index (χ0) is 16.2. The fourth-order valence-corrected chi connectivity index (χ4v) is 2.11. The molecule has 0 spiro atoms. The summed E-state index contributed by atoms with van der Waals surface area (Å²) in [6.07, 6.45) is 1.45. The topological polar surface area (TPSA) is 101 Å². The van der Waals surface area contributed by atoms with Gasteiger partial charge in [0, 0.05) is 17.0 Å². The summed E-state index contributed by atoms with van der Waals surface area (Å²) < 4.78 is 0. The van der Waals surface area contributed by atoms with Gasteiger partial charge in [0.05, 0.1) is 11.1 Å². The number of para-hydroxylation sites is 2. The van der Waals surface area contributed by atoms with Crippen molar-refractivity contribution >= 4 is 28.6 Å². The van der Waals surface area contributed by atoms with Crippen molar-refractivity contribution in [3.05, 3.63) is 70.3 Å². The minimum atomic E-state index is -0.468. The van der Waals surface area contributed by atoms with Gasteiger partial charge in [0.15, 0.2) is 5.52 Å². The first-order chi connectivity index (χ1) is 11.1. The van der Waals surface area contributed by atoms with Crippen LogP contribution in [0, 0.1) is 10.1 Å². The van der Waals surface area contributed by atoms with E-state index in [1.165, 1.54) is 12.3 Å². The van der Waals surface area contributed by atoms with Crippen molar-refractivity contribution in [1.29, 1.82) is 0 Å². The van der Waals surface area contributed by atoms with Gasteiger partial charge in [-0.05, 0) is 24.3 Å². The number of rotatable bonds is 4.